The number of hydrogen-bond acceptors (Lipinski definition) is 13. The molecule has 5 N–H and O–H groups in total. The Bertz CT molecular complexity index is 1130. The summed E-state index contributed by atoms with van der Waals surface area (Å²) < 4.78 is 19.5. The molecule has 0 amide bonds. The molecule has 13 nitrogen and oxygen atoms in total. The molecule has 4 aliphatic carbocycles. The number of allylic oxidation sites excluding steroid dienone is 4. The first-order valence-electron chi connectivity index (χ1n) is 18.0. The second-order valence-corrected chi connectivity index (χ2v) is 13.5. The number of nitrogens with zero attached hydrogens (tertiary/aromatic N) is 2. The molecule has 3 aliphatic heterocycles. The third-order valence-corrected chi connectivity index (χ3v) is 9.67. The van der Waals surface area contributed by atoms with E-state index in [1.807, 2.05) is 0 Å². The molecule has 16 heteroatoms. The summed E-state index contributed by atoms with van der Waals surface area (Å²) in [7, 11) is 1.58. The van der Waals surface area contributed by atoms with E-state index in [4.69, 9.17) is 31.4 Å². The number of amidine groups is 1. The minimum Gasteiger partial charge on any atom is -0.463 e. The van der Waals surface area contributed by atoms with Crippen molar-refractivity contribution in [2.75, 3.05) is 32.8 Å². The Morgan fingerprint density at radius 2 is 1.46 bits per heavy atom. The monoisotopic (exact) mass is 929 g/mol. The van der Waals surface area contributed by atoms with E-state index in [1.54, 1.807) is 0 Å². The summed E-state index contributed by atoms with van der Waals surface area (Å²) >= 11 is 0. The number of esters is 3. The number of hydrogen-bond donors (Lipinski definition) is 5. The topological polar surface area (TPSA) is 196 Å². The summed E-state index contributed by atoms with van der Waals surface area (Å²) in [4.78, 5) is 39.4. The maximum Gasteiger partial charge on any atom is 0.631 e. The predicted octanol–water partition coefficient (Wildman–Crippen LogP) is 1.14. The van der Waals surface area contributed by atoms with Gasteiger partial charge < -0.3 is 44.4 Å². The fourth-order valence-electron chi connectivity index (χ4n) is 7.08. The maximum absolute atomic E-state index is 11.0. The van der Waals surface area contributed by atoms with Crippen molar-refractivity contribution in [2.24, 2.45) is 40.5 Å². The van der Waals surface area contributed by atoms with Crippen LogP contribution in [0, 0.1) is 66.6 Å². The molecule has 2 radical (unpaired) electrons. The number of ether oxygens (including phenoxy) is 3. The van der Waals surface area contributed by atoms with Crippen molar-refractivity contribution in [1.29, 1.82) is 1.34 Å². The molecule has 0 aromatic heterocycles. The first kappa shape index (κ1) is 44.5. The Morgan fingerprint density at radius 3 is 1.90 bits per heavy atom. The van der Waals surface area contributed by atoms with Gasteiger partial charge in [0.1, 0.15) is 6.10 Å². The summed E-state index contributed by atoms with van der Waals surface area (Å²) in [6.45, 7) is 8.85. The molecule has 278 valence electrons. The molecule has 2 saturated carbocycles. The van der Waals surface area contributed by atoms with Gasteiger partial charge in [0.15, 0.2) is 12.2 Å². The second kappa shape index (κ2) is 23.8. The van der Waals surface area contributed by atoms with Crippen LogP contribution in [0.1, 0.15) is 78.6 Å². The summed E-state index contributed by atoms with van der Waals surface area (Å²) in [6, 6.07) is 0. The number of aliphatic hydroxyl groups excluding tert-OH is 2. The van der Waals surface area contributed by atoms with Gasteiger partial charge in [-0.05, 0) is 103 Å². The Kier molecular flexibility index (Phi) is 21.2. The molecule has 0 aromatic carbocycles. The van der Waals surface area contributed by atoms with Crippen LogP contribution >= 0.6 is 0 Å². The van der Waals surface area contributed by atoms with Gasteiger partial charge in [-0.15, -0.1) is 0 Å². The van der Waals surface area contributed by atoms with Gasteiger partial charge >= 0.3 is 25.2 Å². The Labute approximate surface area is 323 Å². The van der Waals surface area contributed by atoms with Crippen LogP contribution in [0.3, 0.4) is 0 Å². The Morgan fingerprint density at radius 1 is 0.940 bits per heavy atom. The van der Waals surface area contributed by atoms with Crippen molar-refractivity contribution in [1.82, 2.24) is 4.90 Å². The number of aliphatic hydroxyl groups is 2. The van der Waals surface area contributed by atoms with Crippen molar-refractivity contribution in [3.05, 3.63) is 24.3 Å². The van der Waals surface area contributed by atoms with E-state index in [0.29, 0.717) is 36.9 Å². The van der Waals surface area contributed by atoms with Crippen LogP contribution in [0.25, 0.3) is 0 Å². The van der Waals surface area contributed by atoms with Gasteiger partial charge in [-0.1, -0.05) is 30.7 Å². The third kappa shape index (κ3) is 15.5. The standard InChI is InChI=1S/C11H16O3.C9H16N2.C8H12O.C6H8O4.BH3O3.BH.U/c1-7(12)11(13)14-6-10-5-8-2-3-9(10)4-8;1-2-5-9-10-6-4-8-11(9)7-3-1;9-5-8-4-6-1-2-7(8)3-6;1-3-5(7)10-4(2)6(8)9-3;2-1(3)4;;/h2-3,7-10,12H,4-6H2,1H3;1-8H2;1-2,6-9H,3-5H2;3-4H,1-2H3;2-4H;1H;/i;;;;;1D;. The minimum atomic E-state index is -2.17. The fraction of sp³-hybridized carbons (Fsp3) is 0.765. The average molecular weight is 929 g/mol. The summed E-state index contributed by atoms with van der Waals surface area (Å²) in [5, 5.41) is 39.3. The molecule has 0 aromatic rings. The summed E-state index contributed by atoms with van der Waals surface area (Å²) in [5.74, 6) is 3.85. The molecule has 50 heavy (non-hydrogen) atoms. The van der Waals surface area contributed by atoms with E-state index in [0.717, 1.165) is 24.8 Å². The van der Waals surface area contributed by atoms with Gasteiger partial charge in [0.25, 0.3) is 0 Å². The molecule has 7 aliphatic rings. The number of carbonyl (C=O) groups excluding carboxylic acids is 3. The molecule has 2 saturated heterocycles. The van der Waals surface area contributed by atoms with Crippen LogP contribution in [0.15, 0.2) is 29.3 Å². The van der Waals surface area contributed by atoms with Gasteiger partial charge in [0.2, 0.25) is 0 Å². The molecule has 4 fully saturated rings. The van der Waals surface area contributed by atoms with Gasteiger partial charge in [-0.3, -0.25) is 4.99 Å². The third-order valence-electron chi connectivity index (χ3n) is 9.67. The fourth-order valence-corrected chi connectivity index (χ4v) is 7.08. The zero-order valence-corrected chi connectivity index (χ0v) is 33.8. The first-order chi connectivity index (χ1) is 23.9. The molecule has 9 atom stereocenters. The van der Waals surface area contributed by atoms with Crippen LogP contribution in [0.4, 0.5) is 0 Å². The molecule has 3 heterocycles. The van der Waals surface area contributed by atoms with Gasteiger partial charge in [-0.2, -0.15) is 0 Å². The van der Waals surface area contributed by atoms with E-state index < -0.39 is 43.5 Å². The first-order valence-corrected chi connectivity index (χ1v) is 17.4. The van der Waals surface area contributed by atoms with Crippen molar-refractivity contribution >= 4 is 39.4 Å². The van der Waals surface area contributed by atoms with Crippen LogP contribution in [-0.4, -0.2) is 122 Å². The zero-order chi connectivity index (χ0) is 37.2. The van der Waals surface area contributed by atoms with Crippen molar-refractivity contribution in [3.63, 3.8) is 0 Å². The van der Waals surface area contributed by atoms with Crippen LogP contribution in [0.5, 0.6) is 0 Å². The van der Waals surface area contributed by atoms with E-state index >= 15 is 0 Å². The average Bonchev–Trinajstić information content (AvgIpc) is 3.89. The van der Waals surface area contributed by atoms with E-state index in [9.17, 15) is 14.4 Å². The SMILES string of the molecule is C1CCC2=NCCCN2CC1.CC(O)C(=O)OCC1CC2C=CC1C2.CC1OC(=O)C(C)OC1=O.OB(O)O.OCC1CC2C=CC1C2.[2H][B].[U]. The minimum absolute atomic E-state index is 0. The van der Waals surface area contributed by atoms with E-state index in [1.165, 1.54) is 91.1 Å². The van der Waals surface area contributed by atoms with E-state index in [-0.39, 0.29) is 31.1 Å². The molecular weight excluding hydrogens is 872 g/mol. The largest absolute Gasteiger partial charge is 0.631 e. The number of aliphatic imine (C=N–C) groups is 1. The van der Waals surface area contributed by atoms with Crippen LogP contribution in [0.2, 0.25) is 0 Å². The predicted molar refractivity (Wildman–Crippen MR) is 185 cm³/mol. The van der Waals surface area contributed by atoms with Crippen molar-refractivity contribution in [2.45, 2.75) is 96.9 Å². The van der Waals surface area contributed by atoms with Crippen LogP contribution < -0.4 is 0 Å². The van der Waals surface area contributed by atoms with Crippen molar-refractivity contribution < 1.29 is 85.0 Å². The molecule has 7 rings (SSSR count). The molecule has 0 spiro atoms. The number of cyclic esters (lactones) is 2. The Hall–Kier alpha value is -1.66. The quantitative estimate of drug-likeness (QED) is 0.117. The van der Waals surface area contributed by atoms with Gasteiger partial charge in [-0.25, -0.2) is 14.4 Å². The smallest absolute Gasteiger partial charge is 0.463 e. The Balaban J connectivity index is 0.000000324. The molecular formula is C34H56B2N2O11U. The molecule has 4 bridgehead atoms. The summed E-state index contributed by atoms with van der Waals surface area (Å²) in [6.07, 6.45) is 18.1. The van der Waals surface area contributed by atoms with Gasteiger partial charge in [0, 0.05) is 72.2 Å². The van der Waals surface area contributed by atoms with E-state index in [2.05, 4.69) is 52.0 Å². The molecule has 9 unspecified atom stereocenters. The van der Waals surface area contributed by atoms with Crippen LogP contribution in [-0.2, 0) is 28.6 Å². The number of fused-ring (bicyclic) bond motifs is 5. The summed E-state index contributed by atoms with van der Waals surface area (Å²) in [5.41, 5.74) is 0. The number of rotatable bonds is 4. The maximum atomic E-state index is 11.0. The number of carbonyl (C=O) groups is 3. The zero-order valence-electron chi connectivity index (χ0n) is 30.6. The second-order valence-electron chi connectivity index (χ2n) is 13.5. The van der Waals surface area contributed by atoms with Gasteiger partial charge in [0.05, 0.1) is 12.4 Å². The normalized spacial score (nSPS) is 31.3. The van der Waals surface area contributed by atoms with Crippen molar-refractivity contribution in [3.8, 4) is 0 Å².